The molecule has 1 atom stereocenters. The summed E-state index contributed by atoms with van der Waals surface area (Å²) in [5, 5.41) is 13.7. The summed E-state index contributed by atoms with van der Waals surface area (Å²) < 4.78 is 0. The van der Waals surface area contributed by atoms with Gasteiger partial charge in [-0.25, -0.2) is 0 Å². The fourth-order valence-corrected chi connectivity index (χ4v) is 2.75. The Balaban J connectivity index is 2.14. The van der Waals surface area contributed by atoms with E-state index >= 15 is 0 Å². The summed E-state index contributed by atoms with van der Waals surface area (Å²) in [6, 6.07) is 4.93. The van der Waals surface area contributed by atoms with Crippen molar-refractivity contribution in [2.24, 2.45) is 0 Å². The van der Waals surface area contributed by atoms with Crippen LogP contribution in [-0.2, 0) is 0 Å². The highest BCUT2D eigenvalue weighted by Gasteiger charge is 2.23. The normalized spacial score (nSPS) is 18.2. The molecule has 1 unspecified atom stereocenters. The van der Waals surface area contributed by atoms with E-state index in [0.717, 1.165) is 25.8 Å². The van der Waals surface area contributed by atoms with Crippen LogP contribution in [0.3, 0.4) is 0 Å². The van der Waals surface area contributed by atoms with Gasteiger partial charge in [-0.1, -0.05) is 18.5 Å². The van der Waals surface area contributed by atoms with Crippen LogP contribution in [0.4, 0.5) is 0 Å². The maximum atomic E-state index is 12.6. The van der Waals surface area contributed by atoms with E-state index in [2.05, 4.69) is 5.32 Å². The molecular formula is C15H21ClN2O2. The smallest absolute Gasteiger partial charge is 0.257 e. The number of aromatic hydroxyl groups is 1. The lowest BCUT2D eigenvalue weighted by atomic mass is 10.1. The molecule has 1 heterocycles. The lowest BCUT2D eigenvalue weighted by Crippen LogP contribution is -2.41. The Kier molecular flexibility index (Phi) is 5.26. The molecule has 1 aliphatic rings. The van der Waals surface area contributed by atoms with Crippen LogP contribution < -0.4 is 5.32 Å². The molecule has 0 aromatic heterocycles. The molecule has 1 aromatic rings. The van der Waals surface area contributed by atoms with Gasteiger partial charge < -0.3 is 15.3 Å². The lowest BCUT2D eigenvalue weighted by molar-refractivity contribution is 0.0739. The molecule has 5 heteroatoms. The van der Waals surface area contributed by atoms with Gasteiger partial charge in [-0.3, -0.25) is 4.79 Å². The third-order valence-corrected chi connectivity index (χ3v) is 3.81. The van der Waals surface area contributed by atoms with E-state index in [1.165, 1.54) is 12.1 Å². The average Bonchev–Trinajstić information content (AvgIpc) is 2.93. The first-order valence-electron chi connectivity index (χ1n) is 7.13. The molecule has 0 saturated carbocycles. The zero-order valence-electron chi connectivity index (χ0n) is 11.7. The fourth-order valence-electron chi connectivity index (χ4n) is 2.57. The van der Waals surface area contributed by atoms with Crippen molar-refractivity contribution in [2.45, 2.75) is 32.2 Å². The predicted octanol–water partition coefficient (Wildman–Crippen LogP) is 2.65. The number of carbonyl (C=O) groups is 1. The van der Waals surface area contributed by atoms with Gasteiger partial charge in [-0.15, -0.1) is 0 Å². The van der Waals surface area contributed by atoms with Crippen molar-refractivity contribution in [2.75, 3.05) is 19.6 Å². The van der Waals surface area contributed by atoms with Crippen LogP contribution in [0.5, 0.6) is 5.75 Å². The number of benzene rings is 1. The van der Waals surface area contributed by atoms with E-state index in [-0.39, 0.29) is 17.2 Å². The van der Waals surface area contributed by atoms with E-state index in [1.807, 2.05) is 6.92 Å². The Labute approximate surface area is 124 Å². The topological polar surface area (TPSA) is 52.6 Å². The van der Waals surface area contributed by atoms with Crippen molar-refractivity contribution < 1.29 is 9.90 Å². The summed E-state index contributed by atoms with van der Waals surface area (Å²) >= 11 is 5.92. The minimum absolute atomic E-state index is 0.0140. The summed E-state index contributed by atoms with van der Waals surface area (Å²) in [6.07, 6.45) is 3.13. The standard InChI is InChI=1S/C15H21ClN2O2/c1-2-8-18(10-12-4-3-7-17-12)15(20)13-9-11(16)5-6-14(13)19/h5-6,9,12,17,19H,2-4,7-8,10H2,1H3. The molecule has 1 aromatic carbocycles. The quantitative estimate of drug-likeness (QED) is 0.878. The fraction of sp³-hybridized carbons (Fsp3) is 0.533. The van der Waals surface area contributed by atoms with Crippen molar-refractivity contribution >= 4 is 17.5 Å². The second kappa shape index (κ2) is 6.95. The van der Waals surface area contributed by atoms with Crippen LogP contribution in [0.1, 0.15) is 36.5 Å². The maximum absolute atomic E-state index is 12.6. The molecule has 1 fully saturated rings. The van der Waals surface area contributed by atoms with Crippen molar-refractivity contribution in [3.05, 3.63) is 28.8 Å². The molecule has 1 saturated heterocycles. The van der Waals surface area contributed by atoms with Crippen molar-refractivity contribution in [1.29, 1.82) is 0 Å². The van der Waals surface area contributed by atoms with Crippen molar-refractivity contribution in [3.8, 4) is 5.75 Å². The van der Waals surface area contributed by atoms with Gasteiger partial charge in [0.15, 0.2) is 0 Å². The van der Waals surface area contributed by atoms with Gasteiger partial charge in [0.1, 0.15) is 5.75 Å². The van der Waals surface area contributed by atoms with Crippen LogP contribution in [0, 0.1) is 0 Å². The molecule has 1 amide bonds. The van der Waals surface area contributed by atoms with Crippen LogP contribution in [0.2, 0.25) is 5.02 Å². The summed E-state index contributed by atoms with van der Waals surface area (Å²) in [5.41, 5.74) is 0.281. The molecular weight excluding hydrogens is 276 g/mol. The number of rotatable bonds is 5. The molecule has 20 heavy (non-hydrogen) atoms. The second-order valence-corrected chi connectivity index (χ2v) is 5.64. The van der Waals surface area contributed by atoms with Crippen molar-refractivity contribution in [3.63, 3.8) is 0 Å². The number of phenols is 1. The van der Waals surface area contributed by atoms with E-state index < -0.39 is 0 Å². The summed E-state index contributed by atoms with van der Waals surface area (Å²) in [4.78, 5) is 14.4. The second-order valence-electron chi connectivity index (χ2n) is 5.21. The van der Waals surface area contributed by atoms with E-state index in [1.54, 1.807) is 11.0 Å². The van der Waals surface area contributed by atoms with Crippen LogP contribution in [-0.4, -0.2) is 41.6 Å². The monoisotopic (exact) mass is 296 g/mol. The highest BCUT2D eigenvalue weighted by molar-refractivity contribution is 6.31. The van der Waals surface area contributed by atoms with E-state index in [4.69, 9.17) is 11.6 Å². The van der Waals surface area contributed by atoms with Crippen molar-refractivity contribution in [1.82, 2.24) is 10.2 Å². The molecule has 4 nitrogen and oxygen atoms in total. The van der Waals surface area contributed by atoms with Crippen LogP contribution in [0.15, 0.2) is 18.2 Å². The number of nitrogens with zero attached hydrogens (tertiary/aromatic N) is 1. The Morgan fingerprint density at radius 1 is 1.55 bits per heavy atom. The third kappa shape index (κ3) is 3.64. The molecule has 0 aliphatic carbocycles. The molecule has 110 valence electrons. The Hall–Kier alpha value is -1.26. The van der Waals surface area contributed by atoms with E-state index in [0.29, 0.717) is 24.2 Å². The number of hydrogen-bond acceptors (Lipinski definition) is 3. The maximum Gasteiger partial charge on any atom is 0.257 e. The van der Waals surface area contributed by atoms with E-state index in [9.17, 15) is 9.90 Å². The third-order valence-electron chi connectivity index (χ3n) is 3.57. The zero-order valence-corrected chi connectivity index (χ0v) is 12.5. The first-order chi connectivity index (χ1) is 9.61. The molecule has 0 radical (unpaired) electrons. The first-order valence-corrected chi connectivity index (χ1v) is 7.50. The number of phenolic OH excluding ortho intramolecular Hbond substituents is 1. The summed E-state index contributed by atoms with van der Waals surface area (Å²) in [7, 11) is 0. The number of amides is 1. The molecule has 0 bridgehead atoms. The summed E-state index contributed by atoms with van der Waals surface area (Å²) in [5.74, 6) is -0.166. The van der Waals surface area contributed by atoms with Crippen LogP contribution in [0.25, 0.3) is 0 Å². The molecule has 2 rings (SSSR count). The van der Waals surface area contributed by atoms with Gasteiger partial charge in [-0.2, -0.15) is 0 Å². The van der Waals surface area contributed by atoms with Gasteiger partial charge in [0.05, 0.1) is 5.56 Å². The Morgan fingerprint density at radius 2 is 2.35 bits per heavy atom. The highest BCUT2D eigenvalue weighted by Crippen LogP contribution is 2.23. The lowest BCUT2D eigenvalue weighted by Gasteiger charge is -2.26. The minimum Gasteiger partial charge on any atom is -0.507 e. The summed E-state index contributed by atoms with van der Waals surface area (Å²) in [6.45, 7) is 4.42. The Bertz CT molecular complexity index is 473. The van der Waals surface area contributed by atoms with Gasteiger partial charge >= 0.3 is 0 Å². The largest absolute Gasteiger partial charge is 0.507 e. The Morgan fingerprint density at radius 3 is 3.00 bits per heavy atom. The van der Waals surface area contributed by atoms with Gasteiger partial charge in [0.2, 0.25) is 0 Å². The molecule has 2 N–H and O–H groups in total. The number of hydrogen-bond donors (Lipinski definition) is 2. The minimum atomic E-state index is -0.152. The zero-order chi connectivity index (χ0) is 14.5. The predicted molar refractivity (Wildman–Crippen MR) is 80.3 cm³/mol. The number of carbonyl (C=O) groups excluding carboxylic acids is 1. The SMILES string of the molecule is CCCN(CC1CCCN1)C(=O)c1cc(Cl)ccc1O. The highest BCUT2D eigenvalue weighted by atomic mass is 35.5. The first kappa shape index (κ1) is 15.1. The van der Waals surface area contributed by atoms with Gasteiger partial charge in [0, 0.05) is 24.2 Å². The van der Waals surface area contributed by atoms with Gasteiger partial charge in [-0.05, 0) is 44.0 Å². The van der Waals surface area contributed by atoms with Gasteiger partial charge in [0.25, 0.3) is 5.91 Å². The number of halogens is 1. The van der Waals surface area contributed by atoms with Crippen LogP contribution >= 0.6 is 11.6 Å². The molecule has 0 spiro atoms. The molecule has 1 aliphatic heterocycles. The number of nitrogens with one attached hydrogen (secondary N) is 1. The average molecular weight is 297 g/mol.